The second-order valence-electron chi connectivity index (χ2n) is 6.89. The van der Waals surface area contributed by atoms with Gasteiger partial charge in [0.05, 0.1) is 16.5 Å². The molecule has 9 heteroatoms. The zero-order valence-electron chi connectivity index (χ0n) is 16.1. The second-order valence-corrected chi connectivity index (χ2v) is 8.32. The van der Waals surface area contributed by atoms with E-state index in [2.05, 4.69) is 16.0 Å². The Hall–Kier alpha value is -3.23. The van der Waals surface area contributed by atoms with Crippen molar-refractivity contribution in [1.82, 2.24) is 20.6 Å². The highest BCUT2D eigenvalue weighted by atomic mass is 35.5. The van der Waals surface area contributed by atoms with Gasteiger partial charge in [-0.15, -0.1) is 11.3 Å². The molecule has 4 rings (SSSR count). The molecule has 0 fully saturated rings. The maximum atomic E-state index is 12.8. The largest absolute Gasteiger partial charge is 0.290 e. The van der Waals surface area contributed by atoms with Gasteiger partial charge < -0.3 is 0 Å². The van der Waals surface area contributed by atoms with Crippen LogP contribution in [-0.2, 0) is 0 Å². The molecule has 0 bridgehead atoms. The van der Waals surface area contributed by atoms with E-state index in [4.69, 9.17) is 11.6 Å². The third kappa shape index (κ3) is 3.44. The van der Waals surface area contributed by atoms with Gasteiger partial charge in [0.1, 0.15) is 4.88 Å². The van der Waals surface area contributed by atoms with Gasteiger partial charge in [-0.3, -0.25) is 25.2 Å². The number of carbonyl (C=O) groups is 2. The smallest absolute Gasteiger partial charge is 0.267 e. The van der Waals surface area contributed by atoms with Crippen molar-refractivity contribution in [2.24, 2.45) is 0 Å². The first-order chi connectivity index (χ1) is 14.4. The van der Waals surface area contributed by atoms with Gasteiger partial charge in [0.2, 0.25) is 0 Å². The van der Waals surface area contributed by atoms with Crippen molar-refractivity contribution in [3.63, 3.8) is 0 Å². The minimum absolute atomic E-state index is 0.0432. The first-order valence-electron chi connectivity index (χ1n) is 9.17. The molecule has 2 N–H and O–H groups in total. The summed E-state index contributed by atoms with van der Waals surface area (Å²) in [6.45, 7) is 3.60. The molecule has 0 radical (unpaired) electrons. The Kier molecular flexibility index (Phi) is 5.27. The van der Waals surface area contributed by atoms with E-state index >= 15 is 0 Å². The Morgan fingerprint density at radius 1 is 0.967 bits per heavy atom. The van der Waals surface area contributed by atoms with Crippen LogP contribution in [0.15, 0.2) is 53.3 Å². The zero-order chi connectivity index (χ0) is 21.4. The van der Waals surface area contributed by atoms with Gasteiger partial charge in [-0.25, -0.2) is 4.68 Å². The number of nitrogens with zero attached hydrogens (tertiary/aromatic N) is 2. The van der Waals surface area contributed by atoms with Crippen molar-refractivity contribution >= 4 is 55.6 Å². The van der Waals surface area contributed by atoms with Gasteiger partial charge in [-0.2, -0.15) is 5.10 Å². The highest BCUT2D eigenvalue weighted by Gasteiger charge is 2.20. The van der Waals surface area contributed by atoms with Crippen LogP contribution in [-0.4, -0.2) is 21.6 Å². The fourth-order valence-corrected chi connectivity index (χ4v) is 4.53. The Labute approximate surface area is 180 Å². The van der Waals surface area contributed by atoms with Crippen LogP contribution in [0.3, 0.4) is 0 Å². The molecule has 30 heavy (non-hydrogen) atoms. The first kappa shape index (κ1) is 20.1. The van der Waals surface area contributed by atoms with Crippen LogP contribution in [0.5, 0.6) is 0 Å². The summed E-state index contributed by atoms with van der Waals surface area (Å²) in [6, 6.07) is 13.9. The molecule has 0 saturated heterocycles. The molecule has 4 aromatic rings. The number of hydrogen-bond acceptors (Lipinski definition) is 5. The van der Waals surface area contributed by atoms with Crippen LogP contribution in [0.2, 0.25) is 5.02 Å². The van der Waals surface area contributed by atoms with Gasteiger partial charge in [0.25, 0.3) is 17.4 Å². The molecule has 2 amide bonds. The van der Waals surface area contributed by atoms with Crippen molar-refractivity contribution < 1.29 is 9.59 Å². The number of fused-ring (bicyclic) bond motifs is 2. The minimum atomic E-state index is -0.633. The van der Waals surface area contributed by atoms with Crippen molar-refractivity contribution in [1.29, 1.82) is 0 Å². The third-order valence-electron chi connectivity index (χ3n) is 4.56. The van der Waals surface area contributed by atoms with Crippen LogP contribution >= 0.6 is 22.9 Å². The summed E-state index contributed by atoms with van der Waals surface area (Å²) in [5.41, 5.74) is 4.53. The number of nitrogens with one attached hydrogen (secondary N) is 2. The molecular weight excluding hydrogens is 424 g/mol. The summed E-state index contributed by atoms with van der Waals surface area (Å²) in [5.74, 6) is -1.16. The van der Waals surface area contributed by atoms with E-state index in [-0.39, 0.29) is 17.3 Å². The lowest BCUT2D eigenvalue weighted by atomic mass is 10.1. The molecule has 0 aliphatic rings. The lowest BCUT2D eigenvalue weighted by Crippen LogP contribution is -2.42. The molecule has 2 heterocycles. The van der Waals surface area contributed by atoms with Crippen LogP contribution in [0, 0.1) is 0 Å². The van der Waals surface area contributed by atoms with E-state index < -0.39 is 11.8 Å². The molecule has 0 saturated carbocycles. The van der Waals surface area contributed by atoms with Gasteiger partial charge in [-0.05, 0) is 26.0 Å². The summed E-state index contributed by atoms with van der Waals surface area (Å²) in [6.07, 6.45) is 0. The average Bonchev–Trinajstić information content (AvgIpc) is 3.09. The molecule has 0 unspecified atom stereocenters. The molecule has 0 aliphatic carbocycles. The van der Waals surface area contributed by atoms with E-state index in [1.54, 1.807) is 38.1 Å². The van der Waals surface area contributed by atoms with Crippen LogP contribution in [0.1, 0.15) is 40.0 Å². The number of amides is 2. The van der Waals surface area contributed by atoms with Crippen molar-refractivity contribution in [3.05, 3.63) is 74.5 Å². The number of rotatable bonds is 3. The highest BCUT2D eigenvalue weighted by Crippen LogP contribution is 2.34. The van der Waals surface area contributed by atoms with Crippen LogP contribution < -0.4 is 16.4 Å². The third-order valence-corrected chi connectivity index (χ3v) is 6.24. The Morgan fingerprint density at radius 3 is 2.23 bits per heavy atom. The second kappa shape index (κ2) is 7.89. The summed E-state index contributed by atoms with van der Waals surface area (Å²) >= 11 is 7.56. The molecule has 0 atom stereocenters. The van der Waals surface area contributed by atoms with E-state index in [0.29, 0.717) is 20.7 Å². The molecule has 7 nitrogen and oxygen atoms in total. The van der Waals surface area contributed by atoms with E-state index in [9.17, 15) is 14.4 Å². The van der Waals surface area contributed by atoms with Crippen molar-refractivity contribution in [2.75, 3.05) is 0 Å². The monoisotopic (exact) mass is 440 g/mol. The topological polar surface area (TPSA) is 93.1 Å². The molecule has 0 aliphatic heterocycles. The van der Waals surface area contributed by atoms with E-state index in [1.807, 2.05) is 24.3 Å². The highest BCUT2D eigenvalue weighted by molar-refractivity contribution is 7.21. The Balaban J connectivity index is 1.63. The van der Waals surface area contributed by atoms with Gasteiger partial charge in [0.15, 0.2) is 5.69 Å². The SMILES string of the molecule is CC(C)n1nc(C(=O)NNC(=O)c2sc3ccccc3c2Cl)c2ccccc2c1=O. The fraction of sp³-hybridized carbons (Fsp3) is 0.143. The fourth-order valence-electron chi connectivity index (χ4n) is 3.11. The quantitative estimate of drug-likeness (QED) is 0.472. The van der Waals surface area contributed by atoms with Crippen molar-refractivity contribution in [2.45, 2.75) is 19.9 Å². The number of thiophene rings is 1. The average molecular weight is 441 g/mol. The van der Waals surface area contributed by atoms with E-state index in [0.717, 1.165) is 10.1 Å². The summed E-state index contributed by atoms with van der Waals surface area (Å²) in [7, 11) is 0. The number of hydrazine groups is 1. The zero-order valence-corrected chi connectivity index (χ0v) is 17.7. The summed E-state index contributed by atoms with van der Waals surface area (Å²) < 4.78 is 2.12. The van der Waals surface area contributed by atoms with Gasteiger partial charge >= 0.3 is 0 Å². The van der Waals surface area contributed by atoms with E-state index in [1.165, 1.54) is 16.0 Å². The molecule has 2 aromatic carbocycles. The lowest BCUT2D eigenvalue weighted by Gasteiger charge is -2.13. The number of benzene rings is 2. The summed E-state index contributed by atoms with van der Waals surface area (Å²) in [5, 5.41) is 6.12. The Morgan fingerprint density at radius 2 is 1.57 bits per heavy atom. The van der Waals surface area contributed by atoms with Crippen LogP contribution in [0.25, 0.3) is 20.9 Å². The predicted octanol–water partition coefficient (Wildman–Crippen LogP) is 3.92. The first-order valence-corrected chi connectivity index (χ1v) is 10.4. The van der Waals surface area contributed by atoms with Gasteiger partial charge in [0, 0.05) is 15.5 Å². The number of carbonyl (C=O) groups excluding carboxylic acids is 2. The molecule has 2 aromatic heterocycles. The molecule has 0 spiro atoms. The molecule has 152 valence electrons. The van der Waals surface area contributed by atoms with Gasteiger partial charge in [-0.1, -0.05) is 48.0 Å². The maximum Gasteiger partial charge on any atom is 0.290 e. The van der Waals surface area contributed by atoms with Crippen molar-refractivity contribution in [3.8, 4) is 0 Å². The lowest BCUT2D eigenvalue weighted by molar-refractivity contribution is 0.0845. The Bertz CT molecular complexity index is 1360. The predicted molar refractivity (Wildman–Crippen MR) is 118 cm³/mol. The number of halogens is 1. The number of aromatic nitrogens is 2. The van der Waals surface area contributed by atoms with Crippen LogP contribution in [0.4, 0.5) is 0 Å². The normalized spacial score (nSPS) is 11.2. The molecular formula is C21H17ClN4O3S. The standard InChI is InChI=1S/C21H17ClN4O3S/c1-11(2)26-21(29)13-8-4-3-7-12(13)17(25-26)19(27)23-24-20(28)18-16(22)14-9-5-6-10-15(14)30-18/h3-11H,1-2H3,(H,23,27)(H,24,28). The number of hydrogen-bond donors (Lipinski definition) is 2. The minimum Gasteiger partial charge on any atom is -0.267 e. The summed E-state index contributed by atoms with van der Waals surface area (Å²) in [4.78, 5) is 38.3. The maximum absolute atomic E-state index is 12.8.